The van der Waals surface area contributed by atoms with Gasteiger partial charge < -0.3 is 24.6 Å². The van der Waals surface area contributed by atoms with Crippen molar-refractivity contribution in [1.29, 1.82) is 0 Å². The minimum atomic E-state index is -1.05. The monoisotopic (exact) mass is 297 g/mol. The van der Waals surface area contributed by atoms with Gasteiger partial charge in [0.05, 0.1) is 39.4 Å². The normalized spacial score (nSPS) is 11.4. The van der Waals surface area contributed by atoms with Crippen molar-refractivity contribution in [1.82, 2.24) is 5.32 Å². The summed E-state index contributed by atoms with van der Waals surface area (Å²) in [6.45, 7) is 1.32. The van der Waals surface area contributed by atoms with Gasteiger partial charge in [0.2, 0.25) is 5.91 Å². The van der Waals surface area contributed by atoms with E-state index < -0.39 is 12.0 Å². The third-order valence-corrected chi connectivity index (χ3v) is 2.86. The first-order chi connectivity index (χ1) is 9.92. The predicted octanol–water partition coefficient (Wildman–Crippen LogP) is 1.36. The third-order valence-electron chi connectivity index (χ3n) is 2.86. The van der Waals surface area contributed by atoms with Crippen molar-refractivity contribution in [2.24, 2.45) is 0 Å². The first-order valence-corrected chi connectivity index (χ1v) is 6.21. The minimum absolute atomic E-state index is 0.293. The SMILES string of the molecule is COc1cc(OC)c([C@@H](CC(=O)O)NC(C)=O)c(OC)c1. The summed E-state index contributed by atoms with van der Waals surface area (Å²) in [4.78, 5) is 22.4. The summed E-state index contributed by atoms with van der Waals surface area (Å²) in [5, 5.41) is 11.6. The van der Waals surface area contributed by atoms with Gasteiger partial charge in [-0.3, -0.25) is 9.59 Å². The number of benzene rings is 1. The summed E-state index contributed by atoms with van der Waals surface area (Å²) >= 11 is 0. The van der Waals surface area contributed by atoms with Crippen LogP contribution in [0.1, 0.15) is 24.9 Å². The van der Waals surface area contributed by atoms with Gasteiger partial charge in [-0.25, -0.2) is 0 Å². The van der Waals surface area contributed by atoms with Gasteiger partial charge in [0.1, 0.15) is 17.2 Å². The third kappa shape index (κ3) is 4.27. The van der Waals surface area contributed by atoms with E-state index in [2.05, 4.69) is 5.32 Å². The molecule has 0 spiro atoms. The van der Waals surface area contributed by atoms with Crippen LogP contribution in [0.4, 0.5) is 0 Å². The van der Waals surface area contributed by atoms with Crippen molar-refractivity contribution in [3.05, 3.63) is 17.7 Å². The molecule has 1 rings (SSSR count). The summed E-state index contributed by atoms with van der Waals surface area (Å²) in [6, 6.07) is 2.44. The second-order valence-corrected chi connectivity index (χ2v) is 4.30. The van der Waals surface area contributed by atoms with E-state index in [-0.39, 0.29) is 12.3 Å². The summed E-state index contributed by atoms with van der Waals surface area (Å²) in [5.74, 6) is -0.128. The van der Waals surface area contributed by atoms with Gasteiger partial charge in [-0.1, -0.05) is 0 Å². The smallest absolute Gasteiger partial charge is 0.305 e. The Morgan fingerprint density at radius 3 is 2.00 bits per heavy atom. The standard InChI is InChI=1S/C14H19NO6/c1-8(16)15-10(7-13(17)18)14-11(20-3)5-9(19-2)6-12(14)21-4/h5-6,10H,7H2,1-4H3,(H,15,16)(H,17,18)/t10-/m1/s1. The summed E-state index contributed by atoms with van der Waals surface area (Å²) < 4.78 is 15.7. The van der Waals surface area contributed by atoms with E-state index in [9.17, 15) is 9.59 Å². The molecule has 0 aliphatic rings. The number of amides is 1. The summed E-state index contributed by atoms with van der Waals surface area (Å²) in [5.41, 5.74) is 0.457. The van der Waals surface area contributed by atoms with Crippen LogP contribution in [0.5, 0.6) is 17.2 Å². The Hall–Kier alpha value is -2.44. The highest BCUT2D eigenvalue weighted by Gasteiger charge is 2.25. The van der Waals surface area contributed by atoms with Gasteiger partial charge in [-0.05, 0) is 0 Å². The molecule has 0 bridgehead atoms. The van der Waals surface area contributed by atoms with Crippen molar-refractivity contribution in [3.8, 4) is 17.2 Å². The topological polar surface area (TPSA) is 94.1 Å². The number of carbonyl (C=O) groups excluding carboxylic acids is 1. The van der Waals surface area contributed by atoms with E-state index in [1.54, 1.807) is 12.1 Å². The molecule has 1 atom stereocenters. The van der Waals surface area contributed by atoms with E-state index in [0.29, 0.717) is 22.8 Å². The van der Waals surface area contributed by atoms with Crippen LogP contribution in [0, 0.1) is 0 Å². The van der Waals surface area contributed by atoms with E-state index in [0.717, 1.165) is 0 Å². The highest BCUT2D eigenvalue weighted by Crippen LogP contribution is 2.39. The lowest BCUT2D eigenvalue weighted by molar-refractivity contribution is -0.137. The molecule has 0 aliphatic carbocycles. The van der Waals surface area contributed by atoms with Crippen LogP contribution < -0.4 is 19.5 Å². The van der Waals surface area contributed by atoms with Crippen LogP contribution >= 0.6 is 0 Å². The molecule has 2 N–H and O–H groups in total. The molecule has 0 radical (unpaired) electrons. The number of carboxylic acids is 1. The molecular formula is C14H19NO6. The lowest BCUT2D eigenvalue weighted by Crippen LogP contribution is -2.28. The van der Waals surface area contributed by atoms with Crippen molar-refractivity contribution < 1.29 is 28.9 Å². The fourth-order valence-corrected chi connectivity index (χ4v) is 2.02. The van der Waals surface area contributed by atoms with Crippen LogP contribution in [0.3, 0.4) is 0 Å². The number of methoxy groups -OCH3 is 3. The van der Waals surface area contributed by atoms with Crippen LogP contribution in [-0.4, -0.2) is 38.3 Å². The van der Waals surface area contributed by atoms with Gasteiger partial charge in [0.25, 0.3) is 0 Å². The van der Waals surface area contributed by atoms with Crippen LogP contribution in [0.15, 0.2) is 12.1 Å². The lowest BCUT2D eigenvalue weighted by Gasteiger charge is -2.22. The van der Waals surface area contributed by atoms with E-state index in [1.165, 1.54) is 28.3 Å². The fourth-order valence-electron chi connectivity index (χ4n) is 2.02. The van der Waals surface area contributed by atoms with E-state index in [1.807, 2.05) is 0 Å². The Labute approximate surface area is 122 Å². The van der Waals surface area contributed by atoms with E-state index in [4.69, 9.17) is 19.3 Å². The Kier molecular flexibility index (Phi) is 5.83. The largest absolute Gasteiger partial charge is 0.496 e. The van der Waals surface area contributed by atoms with Gasteiger partial charge in [-0.15, -0.1) is 0 Å². The molecule has 21 heavy (non-hydrogen) atoms. The maximum absolute atomic E-state index is 11.3. The van der Waals surface area contributed by atoms with Crippen LogP contribution in [-0.2, 0) is 9.59 Å². The molecule has 1 aromatic rings. The molecule has 7 heteroatoms. The van der Waals surface area contributed by atoms with Crippen LogP contribution in [0.25, 0.3) is 0 Å². The average Bonchev–Trinajstić information content (AvgIpc) is 2.43. The number of rotatable bonds is 7. The highest BCUT2D eigenvalue weighted by molar-refractivity contribution is 5.76. The summed E-state index contributed by atoms with van der Waals surface area (Å²) in [7, 11) is 4.39. The van der Waals surface area contributed by atoms with Crippen molar-refractivity contribution in [3.63, 3.8) is 0 Å². The molecule has 7 nitrogen and oxygen atoms in total. The molecule has 0 fully saturated rings. The number of ether oxygens (including phenoxy) is 3. The molecule has 0 unspecified atom stereocenters. The molecular weight excluding hydrogens is 278 g/mol. The molecule has 0 aliphatic heterocycles. The number of hydrogen-bond acceptors (Lipinski definition) is 5. The minimum Gasteiger partial charge on any atom is -0.496 e. The van der Waals surface area contributed by atoms with Gasteiger partial charge >= 0.3 is 5.97 Å². The first-order valence-electron chi connectivity index (χ1n) is 6.21. The molecule has 0 saturated heterocycles. The number of aliphatic carboxylic acids is 1. The predicted molar refractivity (Wildman–Crippen MR) is 74.9 cm³/mol. The zero-order chi connectivity index (χ0) is 16.0. The maximum Gasteiger partial charge on any atom is 0.305 e. The Balaban J connectivity index is 3.39. The van der Waals surface area contributed by atoms with Crippen molar-refractivity contribution >= 4 is 11.9 Å². The second-order valence-electron chi connectivity index (χ2n) is 4.30. The van der Waals surface area contributed by atoms with Crippen molar-refractivity contribution in [2.45, 2.75) is 19.4 Å². The quantitative estimate of drug-likeness (QED) is 0.789. The number of nitrogens with one attached hydrogen (secondary N) is 1. The van der Waals surface area contributed by atoms with Gasteiger partial charge in [-0.2, -0.15) is 0 Å². The van der Waals surface area contributed by atoms with Crippen molar-refractivity contribution in [2.75, 3.05) is 21.3 Å². The van der Waals surface area contributed by atoms with Gasteiger partial charge in [0, 0.05) is 19.1 Å². The number of carboxylic acid groups (broad SMARTS) is 1. The fraction of sp³-hybridized carbons (Fsp3) is 0.429. The Bertz CT molecular complexity index is 487. The molecule has 0 heterocycles. The molecule has 116 valence electrons. The zero-order valence-electron chi connectivity index (χ0n) is 12.4. The second kappa shape index (κ2) is 7.37. The number of hydrogen-bond donors (Lipinski definition) is 2. The first kappa shape index (κ1) is 16.6. The summed E-state index contributed by atoms with van der Waals surface area (Å²) in [6.07, 6.45) is -0.293. The zero-order valence-corrected chi connectivity index (χ0v) is 12.4. The highest BCUT2D eigenvalue weighted by atomic mass is 16.5. The molecule has 1 amide bonds. The van der Waals surface area contributed by atoms with Gasteiger partial charge in [0.15, 0.2) is 0 Å². The molecule has 1 aromatic carbocycles. The number of carbonyl (C=O) groups is 2. The average molecular weight is 297 g/mol. The molecule has 0 aromatic heterocycles. The molecule has 0 saturated carbocycles. The van der Waals surface area contributed by atoms with Crippen LogP contribution in [0.2, 0.25) is 0 Å². The Morgan fingerprint density at radius 1 is 1.14 bits per heavy atom. The maximum atomic E-state index is 11.3. The van der Waals surface area contributed by atoms with E-state index >= 15 is 0 Å². The lowest BCUT2D eigenvalue weighted by atomic mass is 10.0. The Morgan fingerprint density at radius 2 is 1.67 bits per heavy atom.